The number of hydrogen-bond donors (Lipinski definition) is 0. The Hall–Kier alpha value is -6.65. The van der Waals surface area contributed by atoms with Gasteiger partial charge in [0.2, 0.25) is 5.95 Å². The zero-order chi connectivity index (χ0) is 32.3. The molecule has 10 aromatic rings. The molecule has 3 aromatic heterocycles. The highest BCUT2D eigenvalue weighted by Crippen LogP contribution is 2.40. The number of hydrogen-bond acceptors (Lipinski definition) is 3. The smallest absolute Gasteiger partial charge is 0.235 e. The summed E-state index contributed by atoms with van der Waals surface area (Å²) < 4.78 is 2.25. The second-order valence-corrected chi connectivity index (χ2v) is 12.5. The van der Waals surface area contributed by atoms with E-state index in [9.17, 15) is 0 Å². The molecule has 0 amide bonds. The Morgan fingerprint density at radius 1 is 0.408 bits per heavy atom. The zero-order valence-corrected chi connectivity index (χ0v) is 26.5. The van der Waals surface area contributed by atoms with Crippen molar-refractivity contribution in [3.63, 3.8) is 0 Å². The van der Waals surface area contributed by atoms with Gasteiger partial charge in [0, 0.05) is 33.3 Å². The van der Waals surface area contributed by atoms with Crippen LogP contribution in [0, 0.1) is 0 Å². The molecule has 4 nitrogen and oxygen atoms in total. The van der Waals surface area contributed by atoms with E-state index in [1.807, 2.05) is 18.3 Å². The first-order chi connectivity index (χ1) is 24.3. The van der Waals surface area contributed by atoms with E-state index in [1.165, 1.54) is 32.7 Å². The summed E-state index contributed by atoms with van der Waals surface area (Å²) in [7, 11) is 0. The molecule has 0 fully saturated rings. The Morgan fingerprint density at radius 3 is 2.02 bits per heavy atom. The lowest BCUT2D eigenvalue weighted by Crippen LogP contribution is -2.03. The molecule has 0 N–H and O–H groups in total. The third kappa shape index (κ3) is 4.49. The van der Waals surface area contributed by atoms with E-state index in [4.69, 9.17) is 9.97 Å². The highest BCUT2D eigenvalue weighted by Gasteiger charge is 2.20. The van der Waals surface area contributed by atoms with Gasteiger partial charge in [-0.2, -0.15) is 0 Å². The van der Waals surface area contributed by atoms with Gasteiger partial charge < -0.3 is 0 Å². The second-order valence-electron chi connectivity index (χ2n) is 12.5. The molecule has 0 bridgehead atoms. The van der Waals surface area contributed by atoms with Crippen LogP contribution in [0.4, 0.5) is 0 Å². The fraction of sp³-hybridized carbons (Fsp3) is 0. The topological polar surface area (TPSA) is 43.6 Å². The summed E-state index contributed by atoms with van der Waals surface area (Å²) in [4.78, 5) is 15.2. The van der Waals surface area contributed by atoms with Crippen molar-refractivity contribution in [3.05, 3.63) is 170 Å². The van der Waals surface area contributed by atoms with Crippen LogP contribution in [0.5, 0.6) is 0 Å². The standard InChI is InChI=1S/C45H28N4/c1-2-10-30(11-3-1)36-16-8-18-41-43(36)38-26-33-12-4-5-13-34(33)28-42(38)49(41)45-47-39-17-7-6-15-37(39)44(48-45)32-22-19-29(20-23-32)35-24-21-31-14-9-25-46-40(31)27-35/h1-28H. The number of para-hydroxylation sites is 1. The van der Waals surface area contributed by atoms with Crippen LogP contribution in [0.3, 0.4) is 0 Å². The van der Waals surface area contributed by atoms with Crippen molar-refractivity contribution in [1.29, 1.82) is 0 Å². The number of rotatable bonds is 4. The first-order valence-electron chi connectivity index (χ1n) is 16.5. The largest absolute Gasteiger partial charge is 0.278 e. The van der Waals surface area contributed by atoms with Crippen LogP contribution < -0.4 is 0 Å². The Balaban J connectivity index is 1.21. The van der Waals surface area contributed by atoms with Crippen molar-refractivity contribution in [1.82, 2.24) is 19.5 Å². The molecule has 0 radical (unpaired) electrons. The van der Waals surface area contributed by atoms with Crippen molar-refractivity contribution < 1.29 is 0 Å². The van der Waals surface area contributed by atoms with E-state index in [0.29, 0.717) is 5.95 Å². The molecule has 0 atom stereocenters. The fourth-order valence-electron chi connectivity index (χ4n) is 7.28. The predicted octanol–water partition coefficient (Wildman–Crippen LogP) is 11.4. The van der Waals surface area contributed by atoms with Gasteiger partial charge in [-0.3, -0.25) is 9.55 Å². The maximum Gasteiger partial charge on any atom is 0.235 e. The van der Waals surface area contributed by atoms with Gasteiger partial charge >= 0.3 is 0 Å². The molecule has 49 heavy (non-hydrogen) atoms. The summed E-state index contributed by atoms with van der Waals surface area (Å²) in [5.41, 5.74) is 10.6. The van der Waals surface area contributed by atoms with E-state index in [1.54, 1.807) is 0 Å². The van der Waals surface area contributed by atoms with Crippen LogP contribution >= 0.6 is 0 Å². The van der Waals surface area contributed by atoms with Crippen molar-refractivity contribution >= 4 is 54.4 Å². The molecule has 228 valence electrons. The predicted molar refractivity (Wildman–Crippen MR) is 203 cm³/mol. The second kappa shape index (κ2) is 11.0. The zero-order valence-electron chi connectivity index (χ0n) is 26.5. The van der Waals surface area contributed by atoms with Gasteiger partial charge in [-0.25, -0.2) is 9.97 Å². The Kier molecular flexibility index (Phi) is 6.15. The summed E-state index contributed by atoms with van der Waals surface area (Å²) in [5, 5.41) is 6.92. The summed E-state index contributed by atoms with van der Waals surface area (Å²) in [6.07, 6.45) is 1.84. The van der Waals surface area contributed by atoms with E-state index in [-0.39, 0.29) is 0 Å². The van der Waals surface area contributed by atoms with Gasteiger partial charge in [0.25, 0.3) is 0 Å². The highest BCUT2D eigenvalue weighted by molar-refractivity contribution is 6.18. The molecular weight excluding hydrogens is 597 g/mol. The quantitative estimate of drug-likeness (QED) is 0.196. The molecule has 10 rings (SSSR count). The molecule has 0 aliphatic carbocycles. The normalized spacial score (nSPS) is 11.7. The number of benzene rings is 7. The maximum atomic E-state index is 5.38. The van der Waals surface area contributed by atoms with Crippen LogP contribution in [0.15, 0.2) is 170 Å². The Bertz CT molecular complexity index is 2870. The number of fused-ring (bicyclic) bond motifs is 6. The molecule has 0 spiro atoms. The molecule has 0 aliphatic rings. The molecule has 4 heteroatoms. The van der Waals surface area contributed by atoms with E-state index in [2.05, 4.69) is 161 Å². The monoisotopic (exact) mass is 624 g/mol. The van der Waals surface area contributed by atoms with Crippen LogP contribution in [0.1, 0.15) is 0 Å². The van der Waals surface area contributed by atoms with E-state index < -0.39 is 0 Å². The average molecular weight is 625 g/mol. The Morgan fingerprint density at radius 2 is 1.14 bits per heavy atom. The fourth-order valence-corrected chi connectivity index (χ4v) is 7.28. The molecule has 3 heterocycles. The van der Waals surface area contributed by atoms with Crippen molar-refractivity contribution in [2.75, 3.05) is 0 Å². The molecule has 0 saturated heterocycles. The minimum Gasteiger partial charge on any atom is -0.278 e. The molecule has 7 aromatic carbocycles. The van der Waals surface area contributed by atoms with Gasteiger partial charge in [-0.1, -0.05) is 127 Å². The summed E-state index contributed by atoms with van der Waals surface area (Å²) >= 11 is 0. The molecule has 0 unspecified atom stereocenters. The number of aromatic nitrogens is 4. The van der Waals surface area contributed by atoms with E-state index >= 15 is 0 Å². The van der Waals surface area contributed by atoms with Gasteiger partial charge in [0.15, 0.2) is 0 Å². The van der Waals surface area contributed by atoms with E-state index in [0.717, 1.165) is 55.2 Å². The van der Waals surface area contributed by atoms with Crippen molar-refractivity contribution in [2.24, 2.45) is 0 Å². The lowest BCUT2D eigenvalue weighted by atomic mass is 9.98. The Labute approximate surface area is 282 Å². The van der Waals surface area contributed by atoms with Crippen molar-refractivity contribution in [3.8, 4) is 39.5 Å². The first kappa shape index (κ1) is 27.5. The third-order valence-corrected chi connectivity index (χ3v) is 9.63. The molecule has 0 aliphatic heterocycles. The SMILES string of the molecule is c1ccc(-c2cccc3c2c2cc4ccccc4cc2n3-c2nc(-c3ccc(-c4ccc5cccnc5c4)cc3)c3ccccc3n2)cc1. The minimum absolute atomic E-state index is 0.652. The summed E-state index contributed by atoms with van der Waals surface area (Å²) in [5.74, 6) is 0.652. The van der Waals surface area contributed by atoms with Gasteiger partial charge in [-0.15, -0.1) is 0 Å². The van der Waals surface area contributed by atoms with Crippen molar-refractivity contribution in [2.45, 2.75) is 0 Å². The maximum absolute atomic E-state index is 5.38. The third-order valence-electron chi connectivity index (χ3n) is 9.63. The van der Waals surface area contributed by atoms with Crippen LogP contribution in [0.25, 0.3) is 93.8 Å². The number of nitrogens with zero attached hydrogens (tertiary/aromatic N) is 4. The summed E-state index contributed by atoms with van der Waals surface area (Å²) in [6, 6.07) is 57.9. The van der Waals surface area contributed by atoms with Crippen LogP contribution in [-0.2, 0) is 0 Å². The van der Waals surface area contributed by atoms with Gasteiger partial charge in [-0.05, 0) is 69.4 Å². The average Bonchev–Trinajstić information content (AvgIpc) is 3.50. The molecule has 0 saturated carbocycles. The summed E-state index contributed by atoms with van der Waals surface area (Å²) in [6.45, 7) is 0. The van der Waals surface area contributed by atoms with Gasteiger partial charge in [0.1, 0.15) is 0 Å². The first-order valence-corrected chi connectivity index (χ1v) is 16.5. The lowest BCUT2D eigenvalue weighted by Gasteiger charge is -2.13. The van der Waals surface area contributed by atoms with Gasteiger partial charge in [0.05, 0.1) is 27.8 Å². The molecular formula is C45H28N4. The van der Waals surface area contributed by atoms with Crippen LogP contribution in [-0.4, -0.2) is 19.5 Å². The minimum atomic E-state index is 0.652. The lowest BCUT2D eigenvalue weighted by molar-refractivity contribution is 1.01. The van der Waals surface area contributed by atoms with Crippen LogP contribution in [0.2, 0.25) is 0 Å². The highest BCUT2D eigenvalue weighted by atomic mass is 15.2. The number of pyridine rings is 1.